The third-order valence-electron chi connectivity index (χ3n) is 14.6. The van der Waals surface area contributed by atoms with Crippen LogP contribution in [0.2, 0.25) is 0 Å². The van der Waals surface area contributed by atoms with Crippen LogP contribution in [-0.4, -0.2) is 106 Å². The van der Waals surface area contributed by atoms with Crippen LogP contribution in [0.5, 0.6) is 0 Å². The molecule has 0 radical (unpaired) electrons. The predicted octanol–water partition coefficient (Wildman–Crippen LogP) is 9.01. The van der Waals surface area contributed by atoms with Crippen LogP contribution < -0.4 is 15.5 Å². The minimum Gasteiger partial charge on any atom is -0.453 e. The molecule has 0 saturated carbocycles. The van der Waals surface area contributed by atoms with Gasteiger partial charge in [0.1, 0.15) is 29.5 Å². The normalized spacial score (nSPS) is 21.7. The fourth-order valence-corrected chi connectivity index (χ4v) is 11.1. The van der Waals surface area contributed by atoms with E-state index in [9.17, 15) is 19.2 Å². The second-order valence-electron chi connectivity index (χ2n) is 19.6. The number of benzene rings is 3. The molecule has 5 aromatic rings. The number of rotatable bonds is 12. The summed E-state index contributed by atoms with van der Waals surface area (Å²) in [6, 6.07) is 16.3. The summed E-state index contributed by atoms with van der Waals surface area (Å²) >= 11 is 0. The number of anilines is 1. The van der Waals surface area contributed by atoms with E-state index in [1.165, 1.54) is 14.2 Å². The summed E-state index contributed by atoms with van der Waals surface area (Å²) in [4.78, 5) is 75.1. The molecule has 0 spiro atoms. The molecule has 0 bridgehead atoms. The Kier molecular flexibility index (Phi) is 13.5. The highest BCUT2D eigenvalue weighted by Gasteiger charge is 2.40. The van der Waals surface area contributed by atoms with Crippen LogP contribution in [0.4, 0.5) is 19.7 Å². The van der Waals surface area contributed by atoms with E-state index in [1.54, 1.807) is 6.07 Å². The molecule has 5 heterocycles. The average Bonchev–Trinajstić information content (AvgIpc) is 4.20. The number of nitrogens with one attached hydrogen (secondary N) is 4. The SMILES string of the molecule is COC(=O)N[C@H](C(=O)N1CCC[C@H]1c1nc2ccc(C3=CCC(c4ccc5nc([C@@H]6CCCN6C(=O)[C@@H](NC(=O)OC)C(C)C)[nH]c5c4)C3c3ccc(N4CCCCC4)c(F)c3)cc2[nH]1)C(C)C. The first-order valence-electron chi connectivity index (χ1n) is 24.4. The molecular weight excluding hydrogens is 866 g/mol. The van der Waals surface area contributed by atoms with Crippen molar-refractivity contribution in [2.24, 2.45) is 11.8 Å². The number of piperidine rings is 1. The summed E-state index contributed by atoms with van der Waals surface area (Å²) in [7, 11) is 2.58. The highest BCUT2D eigenvalue weighted by molar-refractivity contribution is 5.88. The molecule has 1 aliphatic carbocycles. The van der Waals surface area contributed by atoms with Gasteiger partial charge in [-0.3, -0.25) is 9.59 Å². The third kappa shape index (κ3) is 9.13. The van der Waals surface area contributed by atoms with Gasteiger partial charge >= 0.3 is 12.2 Å². The Morgan fingerprint density at radius 1 is 0.676 bits per heavy atom. The van der Waals surface area contributed by atoms with Gasteiger partial charge in [-0.15, -0.1) is 0 Å². The lowest BCUT2D eigenvalue weighted by Crippen LogP contribution is -2.51. The fourth-order valence-electron chi connectivity index (χ4n) is 11.1. The van der Waals surface area contributed by atoms with E-state index >= 15 is 4.39 Å². The number of hydrogen-bond acceptors (Lipinski definition) is 9. The van der Waals surface area contributed by atoms with E-state index in [0.29, 0.717) is 30.4 Å². The molecule has 15 nitrogen and oxygen atoms in total. The lowest BCUT2D eigenvalue weighted by molar-refractivity contribution is -0.136. The summed E-state index contributed by atoms with van der Waals surface area (Å²) in [5.74, 6) is 0.358. The van der Waals surface area contributed by atoms with Gasteiger partial charge < -0.3 is 44.8 Å². The van der Waals surface area contributed by atoms with Gasteiger partial charge in [-0.25, -0.2) is 23.9 Å². The molecule has 3 aliphatic heterocycles. The summed E-state index contributed by atoms with van der Waals surface area (Å²) in [6.45, 7) is 10.4. The minimum absolute atomic E-state index is 0.0271. The maximum Gasteiger partial charge on any atom is 0.407 e. The zero-order valence-corrected chi connectivity index (χ0v) is 39.9. The number of alkyl carbamates (subject to hydrolysis) is 2. The second-order valence-corrected chi connectivity index (χ2v) is 19.6. The van der Waals surface area contributed by atoms with E-state index in [4.69, 9.17) is 19.4 Å². The number of amides is 4. The number of carbonyl (C=O) groups excluding carboxylic acids is 4. The number of fused-ring (bicyclic) bond motifs is 2. The number of methoxy groups -OCH3 is 2. The van der Waals surface area contributed by atoms with Crippen LogP contribution in [0.1, 0.15) is 131 Å². The number of carbonyl (C=O) groups is 4. The number of halogens is 1. The van der Waals surface area contributed by atoms with Gasteiger partial charge in [0.05, 0.1) is 54.1 Å². The number of H-pyrrole nitrogens is 2. The van der Waals surface area contributed by atoms with Gasteiger partial charge in [-0.2, -0.15) is 0 Å². The fraction of sp³-hybridized carbons (Fsp3) is 0.500. The van der Waals surface area contributed by atoms with Gasteiger partial charge in [0.15, 0.2) is 0 Å². The molecule has 4 amide bonds. The van der Waals surface area contributed by atoms with E-state index in [-0.39, 0.29) is 53.4 Å². The van der Waals surface area contributed by atoms with Crippen molar-refractivity contribution in [3.8, 4) is 0 Å². The molecule has 16 heteroatoms. The summed E-state index contributed by atoms with van der Waals surface area (Å²) < 4.78 is 26.1. The van der Waals surface area contributed by atoms with Crippen molar-refractivity contribution in [3.63, 3.8) is 0 Å². The van der Waals surface area contributed by atoms with Gasteiger partial charge in [0.25, 0.3) is 0 Å². The Hall–Kier alpha value is -6.45. The van der Waals surface area contributed by atoms with Crippen molar-refractivity contribution < 1.29 is 33.0 Å². The zero-order valence-electron chi connectivity index (χ0n) is 39.9. The Morgan fingerprint density at radius 3 is 1.76 bits per heavy atom. The van der Waals surface area contributed by atoms with E-state index in [1.807, 2.05) is 55.7 Å². The van der Waals surface area contributed by atoms with E-state index in [2.05, 4.69) is 61.9 Å². The molecule has 4 N–H and O–H groups in total. The highest BCUT2D eigenvalue weighted by atomic mass is 19.1. The van der Waals surface area contributed by atoms with Gasteiger partial charge in [-0.05, 0) is 128 Å². The summed E-state index contributed by atoms with van der Waals surface area (Å²) in [5.41, 5.74) is 7.99. The van der Waals surface area contributed by atoms with Crippen molar-refractivity contribution in [1.29, 1.82) is 0 Å². The largest absolute Gasteiger partial charge is 0.453 e. The Balaban J connectivity index is 1.02. The van der Waals surface area contributed by atoms with Crippen molar-refractivity contribution in [1.82, 2.24) is 40.4 Å². The van der Waals surface area contributed by atoms with Crippen molar-refractivity contribution in [3.05, 3.63) is 94.8 Å². The Bertz CT molecular complexity index is 2720. The number of allylic oxidation sites excluding steroid dienone is 2. The molecule has 360 valence electrons. The Morgan fingerprint density at radius 2 is 1.22 bits per heavy atom. The van der Waals surface area contributed by atoms with Crippen LogP contribution >= 0.6 is 0 Å². The van der Waals surface area contributed by atoms with Gasteiger partial charge in [0.2, 0.25) is 11.8 Å². The standard InChI is InChI=1S/C52H64FN9O6/c1-29(2)45(58-51(65)67-5)49(63)61-24-10-12-42(61)47-54-37-19-14-31(27-39(37)56-47)34-17-18-35(44(34)33-16-21-41(36(53)26-33)60-22-8-7-9-23-60)32-15-20-38-40(28-32)57-48(55-38)43-13-11-25-62(43)50(64)46(30(3)4)59-52(66)68-6/h14-17,19-21,26-30,35,42-46H,7-13,18,22-25H2,1-6H3,(H,54,56)(H,55,57)(H,58,65)(H,59,66)/t35?,42-,43-,44?,45-,46-/m0/s1. The first-order valence-corrected chi connectivity index (χ1v) is 24.4. The maximum atomic E-state index is 16.4. The summed E-state index contributed by atoms with van der Waals surface area (Å²) in [5, 5.41) is 5.46. The number of imidazole rings is 2. The first-order chi connectivity index (χ1) is 32.8. The molecule has 3 aromatic carbocycles. The van der Waals surface area contributed by atoms with Crippen LogP contribution in [-0.2, 0) is 19.1 Å². The molecular formula is C52H64FN9O6. The number of nitrogens with zero attached hydrogens (tertiary/aromatic N) is 5. The Labute approximate surface area is 396 Å². The molecule has 3 fully saturated rings. The first kappa shape index (κ1) is 46.7. The number of aromatic nitrogens is 4. The lowest BCUT2D eigenvalue weighted by atomic mass is 9.78. The topological polar surface area (TPSA) is 178 Å². The maximum absolute atomic E-state index is 16.4. The zero-order chi connectivity index (χ0) is 47.8. The molecule has 2 unspecified atom stereocenters. The molecule has 3 saturated heterocycles. The van der Waals surface area contributed by atoms with Crippen molar-refractivity contribution in [2.45, 2.75) is 115 Å². The highest BCUT2D eigenvalue weighted by Crippen LogP contribution is 2.51. The quantitative estimate of drug-likeness (QED) is 0.0951. The third-order valence-corrected chi connectivity index (χ3v) is 14.6. The van der Waals surface area contributed by atoms with Gasteiger partial charge in [-0.1, -0.05) is 52.0 Å². The summed E-state index contributed by atoms with van der Waals surface area (Å²) in [6.07, 6.45) is 8.08. The number of ether oxygens (including phenoxy) is 2. The lowest BCUT2D eigenvalue weighted by Gasteiger charge is -2.30. The van der Waals surface area contributed by atoms with Crippen LogP contribution in [0.15, 0.2) is 60.7 Å². The van der Waals surface area contributed by atoms with Crippen LogP contribution in [0.3, 0.4) is 0 Å². The smallest absolute Gasteiger partial charge is 0.407 e. The van der Waals surface area contributed by atoms with E-state index < -0.39 is 24.3 Å². The second kappa shape index (κ2) is 19.6. The molecule has 4 aliphatic rings. The predicted molar refractivity (Wildman–Crippen MR) is 258 cm³/mol. The van der Waals surface area contributed by atoms with E-state index in [0.717, 1.165) is 109 Å². The van der Waals surface area contributed by atoms with Crippen LogP contribution in [0.25, 0.3) is 27.6 Å². The molecule has 68 heavy (non-hydrogen) atoms. The van der Waals surface area contributed by atoms with Crippen molar-refractivity contribution >= 4 is 57.3 Å². The number of aromatic amines is 2. The van der Waals surface area contributed by atoms with Gasteiger partial charge in [0, 0.05) is 32.1 Å². The average molecular weight is 930 g/mol. The number of likely N-dealkylation sites (tertiary alicyclic amines) is 2. The molecule has 2 aromatic heterocycles. The molecule has 6 atom stereocenters. The molecule has 9 rings (SSSR count). The minimum atomic E-state index is -0.734. The number of hydrogen-bond donors (Lipinski definition) is 4. The van der Waals surface area contributed by atoms with Crippen LogP contribution in [0, 0.1) is 17.7 Å². The monoisotopic (exact) mass is 929 g/mol. The van der Waals surface area contributed by atoms with Crippen molar-refractivity contribution in [2.75, 3.05) is 45.3 Å².